The van der Waals surface area contributed by atoms with Crippen molar-refractivity contribution >= 4 is 6.02 Å². The van der Waals surface area contributed by atoms with E-state index in [1.807, 2.05) is 13.8 Å². The zero-order valence-corrected chi connectivity index (χ0v) is 9.42. The predicted molar refractivity (Wildman–Crippen MR) is 59.5 cm³/mol. The molecule has 0 radical (unpaired) electrons. The van der Waals surface area contributed by atoms with Crippen molar-refractivity contribution in [3.8, 4) is 0 Å². The molecular weight excluding hydrogens is 176 g/mol. The Morgan fingerprint density at radius 2 is 2.21 bits per heavy atom. The first-order chi connectivity index (χ1) is 6.86. The molecule has 0 aromatic heterocycles. The summed E-state index contributed by atoms with van der Waals surface area (Å²) in [6.45, 7) is 9.78. The fourth-order valence-corrected chi connectivity index (χ4v) is 1.46. The Morgan fingerprint density at radius 1 is 1.43 bits per heavy atom. The molecule has 0 aromatic carbocycles. The summed E-state index contributed by atoms with van der Waals surface area (Å²) in [5.74, 6) is 0. The van der Waals surface area contributed by atoms with E-state index in [1.165, 1.54) is 5.57 Å². The fraction of sp³-hybridized carbons (Fsp3) is 0.727. The van der Waals surface area contributed by atoms with Crippen LogP contribution in [0.3, 0.4) is 0 Å². The lowest BCUT2D eigenvalue weighted by atomic mass is 10.1. The Morgan fingerprint density at radius 3 is 2.71 bits per heavy atom. The highest BCUT2D eigenvalue weighted by Crippen LogP contribution is 2.11. The number of aliphatic imine (C=N–C) groups is 1. The van der Waals surface area contributed by atoms with Crippen LogP contribution in [0.15, 0.2) is 16.6 Å². The molecule has 14 heavy (non-hydrogen) atoms. The van der Waals surface area contributed by atoms with Gasteiger partial charge in [-0.25, -0.2) is 4.99 Å². The third-order valence-electron chi connectivity index (χ3n) is 2.28. The molecule has 0 saturated carbocycles. The van der Waals surface area contributed by atoms with E-state index < -0.39 is 0 Å². The van der Waals surface area contributed by atoms with Gasteiger partial charge in [0.15, 0.2) is 0 Å². The largest absolute Gasteiger partial charge is 0.463 e. The van der Waals surface area contributed by atoms with E-state index in [0.717, 1.165) is 38.7 Å². The number of hydrogen-bond acceptors (Lipinski definition) is 3. The van der Waals surface area contributed by atoms with E-state index in [2.05, 4.69) is 22.9 Å². The highest BCUT2D eigenvalue weighted by molar-refractivity contribution is 5.75. The van der Waals surface area contributed by atoms with Crippen molar-refractivity contribution in [1.29, 1.82) is 0 Å². The third-order valence-corrected chi connectivity index (χ3v) is 2.28. The van der Waals surface area contributed by atoms with Crippen molar-refractivity contribution < 1.29 is 4.74 Å². The van der Waals surface area contributed by atoms with Crippen molar-refractivity contribution in [3.05, 3.63) is 11.6 Å². The summed E-state index contributed by atoms with van der Waals surface area (Å²) in [5.41, 5.74) is 1.48. The maximum Gasteiger partial charge on any atom is 0.287 e. The first-order valence-corrected chi connectivity index (χ1v) is 5.44. The van der Waals surface area contributed by atoms with Crippen LogP contribution in [-0.4, -0.2) is 37.2 Å². The second-order valence-electron chi connectivity index (χ2n) is 3.26. The molecule has 0 unspecified atom stereocenters. The minimum absolute atomic E-state index is 0.758. The van der Waals surface area contributed by atoms with E-state index in [9.17, 15) is 0 Å². The highest BCUT2D eigenvalue weighted by Gasteiger charge is 2.17. The van der Waals surface area contributed by atoms with Gasteiger partial charge in [-0.05, 0) is 13.3 Å². The van der Waals surface area contributed by atoms with Gasteiger partial charge < -0.3 is 9.64 Å². The summed E-state index contributed by atoms with van der Waals surface area (Å²) in [7, 11) is 0. The van der Waals surface area contributed by atoms with Gasteiger partial charge in [-0.3, -0.25) is 0 Å². The van der Waals surface area contributed by atoms with E-state index in [1.54, 1.807) is 0 Å². The van der Waals surface area contributed by atoms with Crippen LogP contribution in [0.4, 0.5) is 0 Å². The van der Waals surface area contributed by atoms with Crippen molar-refractivity contribution in [1.82, 2.24) is 4.90 Å². The van der Waals surface area contributed by atoms with Gasteiger partial charge in [-0.15, -0.1) is 0 Å². The standard InChI is InChI=1S/C9H14N2O.C2H6/c1-8-2-5-11(6-3-8)9-10-4-7-12-9;1-2/h2H,3-7H2,1H3;1-2H3. The van der Waals surface area contributed by atoms with Crippen LogP contribution in [0.2, 0.25) is 0 Å². The van der Waals surface area contributed by atoms with Gasteiger partial charge in [-0.2, -0.15) is 0 Å². The molecule has 2 rings (SSSR count). The molecule has 0 amide bonds. The second kappa shape index (κ2) is 5.68. The molecule has 2 aliphatic rings. The molecule has 2 aliphatic heterocycles. The van der Waals surface area contributed by atoms with Crippen molar-refractivity contribution in [2.45, 2.75) is 27.2 Å². The molecule has 0 spiro atoms. The molecule has 2 heterocycles. The topological polar surface area (TPSA) is 24.8 Å². The van der Waals surface area contributed by atoms with Crippen molar-refractivity contribution in [2.75, 3.05) is 26.2 Å². The number of ether oxygens (including phenoxy) is 1. The van der Waals surface area contributed by atoms with Crippen LogP contribution in [0, 0.1) is 0 Å². The Labute approximate surface area is 86.5 Å². The molecular formula is C11H20N2O. The first kappa shape index (κ1) is 11.1. The minimum atomic E-state index is 0.758. The lowest BCUT2D eigenvalue weighted by molar-refractivity contribution is 0.269. The Balaban J connectivity index is 0.000000461. The van der Waals surface area contributed by atoms with E-state index in [0.29, 0.717) is 0 Å². The molecule has 0 N–H and O–H groups in total. The molecule has 0 atom stereocenters. The summed E-state index contributed by atoms with van der Waals surface area (Å²) in [6.07, 6.45) is 3.38. The molecule has 0 saturated heterocycles. The molecule has 0 aliphatic carbocycles. The minimum Gasteiger partial charge on any atom is -0.463 e. The first-order valence-electron chi connectivity index (χ1n) is 5.44. The van der Waals surface area contributed by atoms with Crippen LogP contribution in [0.1, 0.15) is 27.2 Å². The maximum absolute atomic E-state index is 5.37. The molecule has 80 valence electrons. The van der Waals surface area contributed by atoms with Gasteiger partial charge in [0, 0.05) is 13.1 Å². The number of nitrogens with zero attached hydrogens (tertiary/aromatic N) is 2. The molecule has 0 bridgehead atoms. The summed E-state index contributed by atoms with van der Waals surface area (Å²) >= 11 is 0. The average molecular weight is 196 g/mol. The molecule has 3 heteroatoms. The average Bonchev–Trinajstić information content (AvgIpc) is 2.75. The summed E-state index contributed by atoms with van der Waals surface area (Å²) in [5, 5.41) is 0. The second-order valence-corrected chi connectivity index (χ2v) is 3.26. The zero-order chi connectivity index (χ0) is 10.4. The quantitative estimate of drug-likeness (QED) is 0.554. The molecule has 0 aromatic rings. The lowest BCUT2D eigenvalue weighted by Gasteiger charge is -2.25. The SMILES string of the molecule is CC.CC1=CCN(C2=NCCO2)CC1. The maximum atomic E-state index is 5.37. The van der Waals surface area contributed by atoms with E-state index in [4.69, 9.17) is 4.74 Å². The van der Waals surface area contributed by atoms with Gasteiger partial charge in [0.2, 0.25) is 0 Å². The monoisotopic (exact) mass is 196 g/mol. The predicted octanol–water partition coefficient (Wildman–Crippen LogP) is 2.05. The van der Waals surface area contributed by atoms with Crippen LogP contribution in [0.25, 0.3) is 0 Å². The summed E-state index contributed by atoms with van der Waals surface area (Å²) in [4.78, 5) is 6.47. The van der Waals surface area contributed by atoms with Gasteiger partial charge >= 0.3 is 0 Å². The zero-order valence-electron chi connectivity index (χ0n) is 9.42. The smallest absolute Gasteiger partial charge is 0.287 e. The normalized spacial score (nSPS) is 20.4. The fourth-order valence-electron chi connectivity index (χ4n) is 1.46. The molecule has 0 fully saturated rings. The Bertz CT molecular complexity index is 233. The number of rotatable bonds is 0. The van der Waals surface area contributed by atoms with Crippen LogP contribution in [-0.2, 0) is 4.74 Å². The van der Waals surface area contributed by atoms with Gasteiger partial charge in [0.1, 0.15) is 6.61 Å². The van der Waals surface area contributed by atoms with E-state index >= 15 is 0 Å². The van der Waals surface area contributed by atoms with Gasteiger partial charge in [0.25, 0.3) is 6.02 Å². The van der Waals surface area contributed by atoms with Crippen molar-refractivity contribution in [2.24, 2.45) is 4.99 Å². The van der Waals surface area contributed by atoms with Crippen molar-refractivity contribution in [3.63, 3.8) is 0 Å². The Hall–Kier alpha value is -0.990. The van der Waals surface area contributed by atoms with Crippen LogP contribution < -0.4 is 0 Å². The number of hydrogen-bond donors (Lipinski definition) is 0. The van der Waals surface area contributed by atoms with Crippen LogP contribution in [0.5, 0.6) is 0 Å². The third kappa shape index (κ3) is 2.76. The Kier molecular flexibility index (Phi) is 4.50. The molecule has 3 nitrogen and oxygen atoms in total. The van der Waals surface area contributed by atoms with E-state index in [-0.39, 0.29) is 0 Å². The number of amidine groups is 1. The van der Waals surface area contributed by atoms with Gasteiger partial charge in [-0.1, -0.05) is 25.5 Å². The lowest BCUT2D eigenvalue weighted by Crippen LogP contribution is -2.34. The highest BCUT2D eigenvalue weighted by atomic mass is 16.5. The summed E-state index contributed by atoms with van der Waals surface area (Å²) in [6, 6.07) is 0.846. The van der Waals surface area contributed by atoms with Crippen LogP contribution >= 0.6 is 0 Å². The van der Waals surface area contributed by atoms with Gasteiger partial charge in [0.05, 0.1) is 6.54 Å². The summed E-state index contributed by atoms with van der Waals surface area (Å²) < 4.78 is 5.37.